The molecule has 0 aliphatic rings. The second kappa shape index (κ2) is 8.89. The van der Waals surface area contributed by atoms with E-state index in [0.29, 0.717) is 19.4 Å². The Labute approximate surface area is 186 Å². The third-order valence-corrected chi connectivity index (χ3v) is 5.36. The topological polar surface area (TPSA) is 64.7 Å². The highest BCUT2D eigenvalue weighted by Crippen LogP contribution is 2.22. The molecule has 3 aromatic carbocycles. The van der Waals surface area contributed by atoms with Gasteiger partial charge in [-0.3, -0.25) is 14.0 Å². The van der Waals surface area contributed by atoms with Crippen molar-refractivity contribution in [2.45, 2.75) is 19.4 Å². The summed E-state index contributed by atoms with van der Waals surface area (Å²) in [6.07, 6.45) is 4.59. The van der Waals surface area contributed by atoms with Crippen LogP contribution < -0.4 is 5.32 Å². The molecule has 0 aliphatic heterocycles. The first kappa shape index (κ1) is 19.8. The molecule has 2 heterocycles. The Hall–Kier alpha value is -4.19. The Bertz CT molecular complexity index is 1320. The van der Waals surface area contributed by atoms with Gasteiger partial charge in [-0.1, -0.05) is 42.5 Å². The van der Waals surface area contributed by atoms with E-state index in [-0.39, 0.29) is 5.91 Å². The Morgan fingerprint density at radius 1 is 0.875 bits per heavy atom. The Kier molecular flexibility index (Phi) is 5.49. The summed E-state index contributed by atoms with van der Waals surface area (Å²) in [5, 5.41) is 7.21. The highest BCUT2D eigenvalue weighted by atomic mass is 16.1. The Morgan fingerprint density at radius 2 is 1.66 bits per heavy atom. The Balaban J connectivity index is 1.27. The predicted octanol–water partition coefficient (Wildman–Crippen LogP) is 4.84. The highest BCUT2D eigenvalue weighted by Gasteiger charge is 2.13. The van der Waals surface area contributed by atoms with E-state index in [1.54, 1.807) is 6.20 Å². The normalized spacial score (nSPS) is 11.0. The summed E-state index contributed by atoms with van der Waals surface area (Å²) in [6, 6.07) is 28.0. The van der Waals surface area contributed by atoms with E-state index in [1.165, 1.54) is 0 Å². The fraction of sp³-hybridized carbons (Fsp3) is 0.115. The van der Waals surface area contributed by atoms with Crippen molar-refractivity contribution < 1.29 is 4.79 Å². The molecule has 0 saturated carbocycles. The van der Waals surface area contributed by atoms with Crippen LogP contribution in [-0.2, 0) is 17.8 Å². The number of aryl methyl sites for hydroxylation is 1. The second-order valence-corrected chi connectivity index (χ2v) is 7.64. The molecule has 6 nitrogen and oxygen atoms in total. The standard InChI is InChI=1S/C26H23N5O/c32-26(28-21-13-11-20(12-14-21)19-30-18-6-17-27-30)16-15-25-29-23-9-4-5-10-24(23)31(25)22-7-2-1-3-8-22/h1-14,17-18H,15-16,19H2,(H,28,32). The zero-order valence-electron chi connectivity index (χ0n) is 17.6. The smallest absolute Gasteiger partial charge is 0.224 e. The van der Waals surface area contributed by atoms with Crippen molar-refractivity contribution in [3.63, 3.8) is 0 Å². The van der Waals surface area contributed by atoms with E-state index in [4.69, 9.17) is 4.98 Å². The summed E-state index contributed by atoms with van der Waals surface area (Å²) in [7, 11) is 0. The van der Waals surface area contributed by atoms with Crippen LogP contribution in [0, 0.1) is 0 Å². The molecule has 0 fully saturated rings. The van der Waals surface area contributed by atoms with Gasteiger partial charge in [-0.05, 0) is 48.0 Å². The van der Waals surface area contributed by atoms with Crippen LogP contribution in [0.25, 0.3) is 16.7 Å². The van der Waals surface area contributed by atoms with Gasteiger partial charge >= 0.3 is 0 Å². The molecular formula is C26H23N5O. The van der Waals surface area contributed by atoms with Crippen molar-refractivity contribution in [3.8, 4) is 5.69 Å². The zero-order chi connectivity index (χ0) is 21.8. The van der Waals surface area contributed by atoms with Crippen LogP contribution >= 0.6 is 0 Å². The second-order valence-electron chi connectivity index (χ2n) is 7.64. The summed E-state index contributed by atoms with van der Waals surface area (Å²) in [4.78, 5) is 17.4. The number of benzene rings is 3. The number of para-hydroxylation sites is 3. The summed E-state index contributed by atoms with van der Waals surface area (Å²) >= 11 is 0. The first-order valence-corrected chi connectivity index (χ1v) is 10.6. The number of rotatable bonds is 7. The molecule has 5 aromatic rings. The molecule has 0 atom stereocenters. The summed E-state index contributed by atoms with van der Waals surface area (Å²) in [5.41, 5.74) is 4.94. The van der Waals surface area contributed by atoms with E-state index >= 15 is 0 Å². The molecule has 158 valence electrons. The number of amides is 1. The molecule has 2 aromatic heterocycles. The molecule has 0 radical (unpaired) electrons. The molecule has 0 bridgehead atoms. The van der Waals surface area contributed by atoms with E-state index < -0.39 is 0 Å². The van der Waals surface area contributed by atoms with Crippen molar-refractivity contribution in [1.82, 2.24) is 19.3 Å². The van der Waals surface area contributed by atoms with Gasteiger partial charge in [0.25, 0.3) is 0 Å². The minimum Gasteiger partial charge on any atom is -0.326 e. The van der Waals surface area contributed by atoms with Crippen molar-refractivity contribution in [3.05, 3.63) is 109 Å². The number of carbonyl (C=O) groups is 1. The molecule has 0 unspecified atom stereocenters. The lowest BCUT2D eigenvalue weighted by molar-refractivity contribution is -0.116. The van der Waals surface area contributed by atoms with Gasteiger partial charge in [0.15, 0.2) is 0 Å². The van der Waals surface area contributed by atoms with Crippen LogP contribution in [0.15, 0.2) is 97.3 Å². The van der Waals surface area contributed by atoms with Crippen LogP contribution in [0.4, 0.5) is 5.69 Å². The molecule has 5 rings (SSSR count). The number of imidazole rings is 1. The van der Waals surface area contributed by atoms with Gasteiger partial charge in [0, 0.05) is 36.6 Å². The minimum atomic E-state index is -0.0310. The van der Waals surface area contributed by atoms with Gasteiger partial charge in [0.1, 0.15) is 5.82 Å². The summed E-state index contributed by atoms with van der Waals surface area (Å²) in [5.74, 6) is 0.846. The molecular weight excluding hydrogens is 398 g/mol. The molecule has 32 heavy (non-hydrogen) atoms. The molecule has 6 heteroatoms. The SMILES string of the molecule is O=C(CCc1nc2ccccc2n1-c1ccccc1)Nc1ccc(Cn2cccn2)cc1. The van der Waals surface area contributed by atoms with E-state index in [2.05, 4.69) is 33.2 Å². The summed E-state index contributed by atoms with van der Waals surface area (Å²) < 4.78 is 4.00. The number of carbonyl (C=O) groups excluding carboxylic acids is 1. The third-order valence-electron chi connectivity index (χ3n) is 5.36. The quantitative estimate of drug-likeness (QED) is 0.409. The van der Waals surface area contributed by atoms with Crippen molar-refractivity contribution >= 4 is 22.6 Å². The van der Waals surface area contributed by atoms with E-state index in [9.17, 15) is 4.79 Å². The molecule has 1 amide bonds. The van der Waals surface area contributed by atoms with Gasteiger partial charge in [-0.15, -0.1) is 0 Å². The highest BCUT2D eigenvalue weighted by molar-refractivity contribution is 5.91. The van der Waals surface area contributed by atoms with Crippen LogP contribution in [0.3, 0.4) is 0 Å². The zero-order valence-corrected chi connectivity index (χ0v) is 17.6. The summed E-state index contributed by atoms with van der Waals surface area (Å²) in [6.45, 7) is 0.705. The van der Waals surface area contributed by atoms with Crippen LogP contribution in [0.5, 0.6) is 0 Å². The monoisotopic (exact) mass is 421 g/mol. The first-order valence-electron chi connectivity index (χ1n) is 10.6. The lowest BCUT2D eigenvalue weighted by Crippen LogP contribution is -2.14. The number of fused-ring (bicyclic) bond motifs is 1. The van der Waals surface area contributed by atoms with Gasteiger partial charge in [-0.25, -0.2) is 4.98 Å². The van der Waals surface area contributed by atoms with Gasteiger partial charge < -0.3 is 5.32 Å². The maximum Gasteiger partial charge on any atom is 0.224 e. The molecule has 0 aliphatic carbocycles. The first-order chi connectivity index (χ1) is 15.8. The average molecular weight is 422 g/mol. The molecule has 0 saturated heterocycles. The van der Waals surface area contributed by atoms with Gasteiger partial charge in [0.2, 0.25) is 5.91 Å². The Morgan fingerprint density at radius 3 is 2.44 bits per heavy atom. The fourth-order valence-corrected chi connectivity index (χ4v) is 3.83. The van der Waals surface area contributed by atoms with Gasteiger partial charge in [-0.2, -0.15) is 5.10 Å². The van der Waals surface area contributed by atoms with Crippen LogP contribution in [-0.4, -0.2) is 25.2 Å². The molecule has 0 spiro atoms. The van der Waals surface area contributed by atoms with Crippen LogP contribution in [0.1, 0.15) is 17.8 Å². The maximum absolute atomic E-state index is 12.6. The lowest BCUT2D eigenvalue weighted by atomic mass is 10.2. The molecule has 1 N–H and O–H groups in total. The number of anilines is 1. The number of nitrogens with zero attached hydrogens (tertiary/aromatic N) is 4. The van der Waals surface area contributed by atoms with Crippen molar-refractivity contribution in [2.24, 2.45) is 0 Å². The van der Waals surface area contributed by atoms with E-state index in [1.807, 2.05) is 77.6 Å². The lowest BCUT2D eigenvalue weighted by Gasteiger charge is -2.10. The average Bonchev–Trinajstić information content (AvgIpc) is 3.47. The number of nitrogens with one attached hydrogen (secondary N) is 1. The number of aromatic nitrogens is 4. The van der Waals surface area contributed by atoms with Gasteiger partial charge in [0.05, 0.1) is 17.6 Å². The minimum absolute atomic E-state index is 0.0310. The largest absolute Gasteiger partial charge is 0.326 e. The van der Waals surface area contributed by atoms with Crippen molar-refractivity contribution in [2.75, 3.05) is 5.32 Å². The van der Waals surface area contributed by atoms with E-state index in [0.717, 1.165) is 33.8 Å². The van der Waals surface area contributed by atoms with Crippen LogP contribution in [0.2, 0.25) is 0 Å². The number of hydrogen-bond acceptors (Lipinski definition) is 3. The number of hydrogen-bond donors (Lipinski definition) is 1. The van der Waals surface area contributed by atoms with Crippen molar-refractivity contribution in [1.29, 1.82) is 0 Å². The predicted molar refractivity (Wildman–Crippen MR) is 126 cm³/mol. The third kappa shape index (κ3) is 4.30. The fourth-order valence-electron chi connectivity index (χ4n) is 3.83. The maximum atomic E-state index is 12.6.